The average molecular weight is 453 g/mol. The molecule has 2 aromatic carbocycles. The normalized spacial score (nSPS) is 18.0. The second-order valence-electron chi connectivity index (χ2n) is 7.24. The van der Waals surface area contributed by atoms with Crippen molar-refractivity contribution in [3.8, 4) is 5.75 Å². The SMILES string of the molecule is Cc1ccc(S(=O)(=O)N(C)c2ccc(OCC(=O)N[C@@H]3CCS(=O)(=O)C3)cc2)cc1. The minimum Gasteiger partial charge on any atom is -0.484 e. The van der Waals surface area contributed by atoms with Gasteiger partial charge in [0.15, 0.2) is 16.4 Å². The molecule has 1 atom stereocenters. The Kier molecular flexibility index (Phi) is 6.37. The van der Waals surface area contributed by atoms with E-state index in [1.165, 1.54) is 11.4 Å². The highest BCUT2D eigenvalue weighted by atomic mass is 32.2. The van der Waals surface area contributed by atoms with Gasteiger partial charge in [-0.05, 0) is 49.7 Å². The summed E-state index contributed by atoms with van der Waals surface area (Å²) >= 11 is 0. The second-order valence-corrected chi connectivity index (χ2v) is 11.4. The average Bonchev–Trinajstić information content (AvgIpc) is 3.04. The quantitative estimate of drug-likeness (QED) is 0.682. The Bertz CT molecular complexity index is 1110. The van der Waals surface area contributed by atoms with Crippen molar-refractivity contribution in [2.75, 3.05) is 29.5 Å². The van der Waals surface area contributed by atoms with Crippen LogP contribution in [0.5, 0.6) is 5.75 Å². The van der Waals surface area contributed by atoms with Crippen molar-refractivity contribution in [1.82, 2.24) is 5.32 Å². The lowest BCUT2D eigenvalue weighted by Crippen LogP contribution is -2.38. The number of nitrogens with zero attached hydrogens (tertiary/aromatic N) is 1. The number of hydrogen-bond acceptors (Lipinski definition) is 6. The smallest absolute Gasteiger partial charge is 0.264 e. The van der Waals surface area contributed by atoms with E-state index in [0.717, 1.165) is 5.56 Å². The van der Waals surface area contributed by atoms with Crippen molar-refractivity contribution >= 4 is 31.5 Å². The van der Waals surface area contributed by atoms with E-state index in [2.05, 4.69) is 5.32 Å². The second kappa shape index (κ2) is 8.65. The van der Waals surface area contributed by atoms with Crippen molar-refractivity contribution in [1.29, 1.82) is 0 Å². The van der Waals surface area contributed by atoms with Crippen molar-refractivity contribution in [3.05, 3.63) is 54.1 Å². The number of carbonyl (C=O) groups is 1. The third-order valence-electron chi connectivity index (χ3n) is 4.85. The highest BCUT2D eigenvalue weighted by Gasteiger charge is 2.29. The van der Waals surface area contributed by atoms with Crippen molar-refractivity contribution in [2.24, 2.45) is 0 Å². The molecule has 0 bridgehead atoms. The fraction of sp³-hybridized carbons (Fsp3) is 0.350. The van der Waals surface area contributed by atoms with Gasteiger partial charge in [-0.25, -0.2) is 16.8 Å². The molecule has 8 nitrogen and oxygen atoms in total. The van der Waals surface area contributed by atoms with Crippen LogP contribution in [0.25, 0.3) is 0 Å². The van der Waals surface area contributed by atoms with Gasteiger partial charge in [0.25, 0.3) is 15.9 Å². The third-order valence-corrected chi connectivity index (χ3v) is 8.41. The lowest BCUT2D eigenvalue weighted by molar-refractivity contribution is -0.123. The number of sulfonamides is 1. The number of carbonyl (C=O) groups excluding carboxylic acids is 1. The summed E-state index contributed by atoms with van der Waals surface area (Å²) in [5.74, 6) is 0.0310. The Hall–Kier alpha value is -2.59. The maximum atomic E-state index is 12.8. The fourth-order valence-corrected chi connectivity index (χ4v) is 5.96. The molecule has 1 fully saturated rings. The third kappa shape index (κ3) is 5.31. The molecule has 0 aliphatic carbocycles. The van der Waals surface area contributed by atoms with E-state index in [1.807, 2.05) is 6.92 Å². The Labute approximate surface area is 176 Å². The largest absolute Gasteiger partial charge is 0.484 e. The Morgan fingerprint density at radius 3 is 2.33 bits per heavy atom. The van der Waals surface area contributed by atoms with Gasteiger partial charge in [0, 0.05) is 13.1 Å². The first-order valence-corrected chi connectivity index (χ1v) is 12.6. The number of benzene rings is 2. The fourth-order valence-electron chi connectivity index (χ4n) is 3.09. The standard InChI is InChI=1S/C20H24N2O6S2/c1-15-3-9-19(10-4-15)30(26,27)22(2)17-5-7-18(8-6-17)28-13-20(23)21-16-11-12-29(24,25)14-16/h3-10,16H,11-14H2,1-2H3,(H,21,23)/t16-/m1/s1. The van der Waals surface area contributed by atoms with Gasteiger partial charge >= 0.3 is 0 Å². The molecule has 0 spiro atoms. The predicted molar refractivity (Wildman–Crippen MR) is 114 cm³/mol. The zero-order valence-electron chi connectivity index (χ0n) is 16.7. The van der Waals surface area contributed by atoms with E-state index in [1.54, 1.807) is 48.5 Å². The summed E-state index contributed by atoms with van der Waals surface area (Å²) in [6.07, 6.45) is 0.407. The van der Waals surface area contributed by atoms with Crippen molar-refractivity contribution in [3.63, 3.8) is 0 Å². The Balaban J connectivity index is 1.58. The number of sulfone groups is 1. The summed E-state index contributed by atoms with van der Waals surface area (Å²) in [7, 11) is -5.29. The van der Waals surface area contributed by atoms with Crippen LogP contribution in [0.15, 0.2) is 53.4 Å². The minimum absolute atomic E-state index is 0.0464. The summed E-state index contributed by atoms with van der Waals surface area (Å²) in [6.45, 7) is 1.63. The van der Waals surface area contributed by atoms with E-state index >= 15 is 0 Å². The molecule has 162 valence electrons. The zero-order chi connectivity index (χ0) is 21.9. The van der Waals surface area contributed by atoms with Crippen LogP contribution >= 0.6 is 0 Å². The van der Waals surface area contributed by atoms with Crippen LogP contribution in [0.2, 0.25) is 0 Å². The number of anilines is 1. The lowest BCUT2D eigenvalue weighted by Gasteiger charge is -2.20. The molecule has 1 N–H and O–H groups in total. The van der Waals surface area contributed by atoms with Crippen LogP contribution in [0.4, 0.5) is 5.69 Å². The van der Waals surface area contributed by atoms with Crippen molar-refractivity contribution < 1.29 is 26.4 Å². The van der Waals surface area contributed by atoms with E-state index in [4.69, 9.17) is 4.74 Å². The molecule has 10 heteroatoms. The Morgan fingerprint density at radius 1 is 1.13 bits per heavy atom. The lowest BCUT2D eigenvalue weighted by atomic mass is 10.2. The van der Waals surface area contributed by atoms with E-state index < -0.39 is 25.8 Å². The maximum absolute atomic E-state index is 12.8. The van der Waals surface area contributed by atoms with Gasteiger partial charge in [-0.15, -0.1) is 0 Å². The summed E-state index contributed by atoms with van der Waals surface area (Å²) < 4.78 is 55.0. The van der Waals surface area contributed by atoms with Crippen LogP contribution in [0.1, 0.15) is 12.0 Å². The maximum Gasteiger partial charge on any atom is 0.264 e. The summed E-state index contributed by atoms with van der Waals surface area (Å²) in [4.78, 5) is 12.1. The number of nitrogens with one attached hydrogen (secondary N) is 1. The van der Waals surface area contributed by atoms with Crippen molar-refractivity contribution in [2.45, 2.75) is 24.3 Å². The number of aryl methyl sites for hydroxylation is 1. The molecular formula is C20H24N2O6S2. The molecule has 1 amide bonds. The molecule has 30 heavy (non-hydrogen) atoms. The molecule has 1 saturated heterocycles. The van der Waals surface area contributed by atoms with Gasteiger partial charge in [0.05, 0.1) is 22.1 Å². The van der Waals surface area contributed by atoms with Crippen LogP contribution in [-0.2, 0) is 24.7 Å². The van der Waals surface area contributed by atoms with Crippen LogP contribution < -0.4 is 14.4 Å². The molecule has 0 radical (unpaired) electrons. The van der Waals surface area contributed by atoms with Gasteiger partial charge in [0.2, 0.25) is 0 Å². The molecule has 2 aromatic rings. The molecule has 0 aromatic heterocycles. The first-order chi connectivity index (χ1) is 14.1. The molecule has 1 heterocycles. The topological polar surface area (TPSA) is 110 Å². The number of ether oxygens (including phenoxy) is 1. The van der Waals surface area contributed by atoms with Crippen LogP contribution in [0, 0.1) is 6.92 Å². The van der Waals surface area contributed by atoms with Gasteiger partial charge in [-0.1, -0.05) is 17.7 Å². The highest BCUT2D eigenvalue weighted by Crippen LogP contribution is 2.24. The Morgan fingerprint density at radius 2 is 1.77 bits per heavy atom. The molecule has 3 rings (SSSR count). The number of rotatable bonds is 7. The van der Waals surface area contributed by atoms with E-state index in [9.17, 15) is 21.6 Å². The molecule has 1 aliphatic heterocycles. The van der Waals surface area contributed by atoms with Crippen LogP contribution in [0.3, 0.4) is 0 Å². The van der Waals surface area contributed by atoms with E-state index in [0.29, 0.717) is 17.9 Å². The molecule has 0 saturated carbocycles. The summed E-state index contributed by atoms with van der Waals surface area (Å²) in [5.41, 5.74) is 1.42. The first kappa shape index (κ1) is 22.1. The molecule has 0 unspecified atom stereocenters. The number of amides is 1. The van der Waals surface area contributed by atoms with Crippen LogP contribution in [-0.4, -0.2) is 53.9 Å². The van der Waals surface area contributed by atoms with E-state index in [-0.39, 0.29) is 29.0 Å². The minimum atomic E-state index is -3.69. The monoisotopic (exact) mass is 452 g/mol. The van der Waals surface area contributed by atoms with Gasteiger partial charge in [-0.2, -0.15) is 0 Å². The highest BCUT2D eigenvalue weighted by molar-refractivity contribution is 7.92. The van der Waals surface area contributed by atoms with Gasteiger partial charge < -0.3 is 10.1 Å². The summed E-state index contributed by atoms with van der Waals surface area (Å²) in [5, 5.41) is 2.65. The first-order valence-electron chi connectivity index (χ1n) is 9.35. The number of hydrogen-bond donors (Lipinski definition) is 1. The molecular weight excluding hydrogens is 428 g/mol. The summed E-state index contributed by atoms with van der Waals surface area (Å²) in [6, 6.07) is 12.5. The molecule has 1 aliphatic rings. The predicted octanol–water partition coefficient (Wildman–Crippen LogP) is 1.50. The van der Waals surface area contributed by atoms with Gasteiger partial charge in [0.1, 0.15) is 5.75 Å². The zero-order valence-corrected chi connectivity index (χ0v) is 18.4. The van der Waals surface area contributed by atoms with Gasteiger partial charge in [-0.3, -0.25) is 9.10 Å².